The van der Waals surface area contributed by atoms with Crippen molar-refractivity contribution < 1.29 is 17.6 Å². The predicted octanol–water partition coefficient (Wildman–Crippen LogP) is 0.355. The number of nitrogens with two attached hydrogens (primary N) is 2. The third-order valence-corrected chi connectivity index (χ3v) is 5.38. The molecule has 1 aliphatic heterocycles. The first-order chi connectivity index (χ1) is 9.25. The fourth-order valence-corrected chi connectivity index (χ4v) is 3.98. The molecule has 1 aromatic rings. The highest BCUT2D eigenvalue weighted by molar-refractivity contribution is 7.89. The van der Waals surface area contributed by atoms with E-state index in [0.29, 0.717) is 12.8 Å². The van der Waals surface area contributed by atoms with Crippen LogP contribution in [0.4, 0.5) is 10.1 Å². The van der Waals surface area contributed by atoms with Crippen LogP contribution in [0.2, 0.25) is 0 Å². The summed E-state index contributed by atoms with van der Waals surface area (Å²) < 4.78 is 39.6. The lowest BCUT2D eigenvalue weighted by Gasteiger charge is -2.22. The lowest BCUT2D eigenvalue weighted by Crippen LogP contribution is -2.43. The van der Waals surface area contributed by atoms with Crippen molar-refractivity contribution in [1.82, 2.24) is 4.31 Å². The fraction of sp³-hybridized carbons (Fsp3) is 0.417. The molecule has 1 aliphatic rings. The minimum Gasteiger partial charge on any atom is -0.398 e. The van der Waals surface area contributed by atoms with Crippen LogP contribution in [0.1, 0.15) is 18.4 Å². The number of primary amides is 1. The van der Waals surface area contributed by atoms with Crippen LogP contribution in [0.25, 0.3) is 0 Å². The summed E-state index contributed by atoms with van der Waals surface area (Å²) in [6.07, 6.45) is 0.912. The van der Waals surface area contributed by atoms with Crippen molar-refractivity contribution in [2.24, 2.45) is 5.73 Å². The summed E-state index contributed by atoms with van der Waals surface area (Å²) in [5.41, 5.74) is 11.0. The first-order valence-electron chi connectivity index (χ1n) is 6.12. The van der Waals surface area contributed by atoms with Crippen molar-refractivity contribution in [3.63, 3.8) is 0 Å². The monoisotopic (exact) mass is 301 g/mol. The van der Waals surface area contributed by atoms with Crippen molar-refractivity contribution in [2.45, 2.75) is 30.7 Å². The summed E-state index contributed by atoms with van der Waals surface area (Å²) in [5, 5.41) is 0. The zero-order valence-electron chi connectivity index (χ0n) is 11.0. The molecule has 8 heteroatoms. The van der Waals surface area contributed by atoms with E-state index in [1.807, 2.05) is 0 Å². The Morgan fingerprint density at radius 2 is 2.10 bits per heavy atom. The number of halogens is 1. The minimum atomic E-state index is -3.98. The first kappa shape index (κ1) is 14.7. The third kappa shape index (κ3) is 2.36. The van der Waals surface area contributed by atoms with Crippen LogP contribution in [0.3, 0.4) is 0 Å². The van der Waals surface area contributed by atoms with Gasteiger partial charge in [0.05, 0.1) is 4.90 Å². The quantitative estimate of drug-likeness (QED) is 0.786. The molecular formula is C12H16FN3O3S. The molecule has 6 nitrogen and oxygen atoms in total. The summed E-state index contributed by atoms with van der Waals surface area (Å²) in [6.45, 7) is 1.65. The van der Waals surface area contributed by atoms with Gasteiger partial charge in [-0.15, -0.1) is 0 Å². The van der Waals surface area contributed by atoms with Gasteiger partial charge in [-0.1, -0.05) is 0 Å². The van der Waals surface area contributed by atoms with Crippen LogP contribution < -0.4 is 11.5 Å². The fourth-order valence-electron chi connectivity index (χ4n) is 2.27. The molecule has 1 fully saturated rings. The number of rotatable bonds is 3. The highest BCUT2D eigenvalue weighted by atomic mass is 32.2. The number of nitrogens with zero attached hydrogens (tertiary/aromatic N) is 1. The van der Waals surface area contributed by atoms with E-state index in [9.17, 15) is 17.6 Å². The van der Waals surface area contributed by atoms with E-state index < -0.39 is 27.8 Å². The van der Waals surface area contributed by atoms with Gasteiger partial charge in [0.1, 0.15) is 11.9 Å². The van der Waals surface area contributed by atoms with Crippen LogP contribution >= 0.6 is 0 Å². The van der Waals surface area contributed by atoms with E-state index in [4.69, 9.17) is 11.5 Å². The molecule has 20 heavy (non-hydrogen) atoms. The number of hydrogen-bond donors (Lipinski definition) is 2. The van der Waals surface area contributed by atoms with Gasteiger partial charge in [-0.2, -0.15) is 4.31 Å². The molecule has 0 aromatic heterocycles. The van der Waals surface area contributed by atoms with Crippen LogP contribution in [-0.2, 0) is 14.8 Å². The maximum atomic E-state index is 13.7. The zero-order valence-corrected chi connectivity index (χ0v) is 11.8. The largest absolute Gasteiger partial charge is 0.398 e. The lowest BCUT2D eigenvalue weighted by atomic mass is 10.2. The predicted molar refractivity (Wildman–Crippen MR) is 71.7 cm³/mol. The smallest absolute Gasteiger partial charge is 0.243 e. The second kappa shape index (κ2) is 5.02. The molecule has 1 unspecified atom stereocenters. The average molecular weight is 301 g/mol. The summed E-state index contributed by atoms with van der Waals surface area (Å²) in [5.74, 6) is -1.40. The minimum absolute atomic E-state index is 0.0541. The molecule has 1 aromatic carbocycles. The van der Waals surface area contributed by atoms with Crippen molar-refractivity contribution in [3.05, 3.63) is 23.5 Å². The second-order valence-corrected chi connectivity index (χ2v) is 6.69. The van der Waals surface area contributed by atoms with Gasteiger partial charge in [-0.05, 0) is 31.9 Å². The second-order valence-electron chi connectivity index (χ2n) is 4.80. The molecule has 0 saturated carbocycles. The Labute approximate surface area is 116 Å². The third-order valence-electron chi connectivity index (χ3n) is 3.50. The summed E-state index contributed by atoms with van der Waals surface area (Å²) in [7, 11) is -3.98. The van der Waals surface area contributed by atoms with Crippen LogP contribution in [0.15, 0.2) is 17.0 Å². The number of amides is 1. The van der Waals surface area contributed by atoms with Crippen LogP contribution in [0, 0.1) is 12.7 Å². The van der Waals surface area contributed by atoms with E-state index >= 15 is 0 Å². The van der Waals surface area contributed by atoms with E-state index in [-0.39, 0.29) is 22.7 Å². The van der Waals surface area contributed by atoms with E-state index in [0.717, 1.165) is 10.4 Å². The number of carbonyl (C=O) groups is 1. The van der Waals surface area contributed by atoms with E-state index in [1.54, 1.807) is 0 Å². The maximum absolute atomic E-state index is 13.7. The number of benzene rings is 1. The van der Waals surface area contributed by atoms with Crippen molar-refractivity contribution in [1.29, 1.82) is 0 Å². The Bertz CT molecular complexity index is 637. The molecule has 0 radical (unpaired) electrons. The van der Waals surface area contributed by atoms with Gasteiger partial charge in [0.15, 0.2) is 0 Å². The Hall–Kier alpha value is -1.67. The number of hydrogen-bond acceptors (Lipinski definition) is 4. The number of sulfonamides is 1. The Balaban J connectivity index is 2.48. The Morgan fingerprint density at radius 1 is 1.45 bits per heavy atom. The normalized spacial score (nSPS) is 20.2. The van der Waals surface area contributed by atoms with Gasteiger partial charge in [-0.3, -0.25) is 4.79 Å². The van der Waals surface area contributed by atoms with Gasteiger partial charge in [0, 0.05) is 17.8 Å². The molecule has 0 aliphatic carbocycles. The SMILES string of the molecule is Cc1c(N)cc(S(=O)(=O)N2CCCC2C(N)=O)cc1F. The van der Waals surface area contributed by atoms with Gasteiger partial charge in [0.25, 0.3) is 0 Å². The van der Waals surface area contributed by atoms with E-state index in [2.05, 4.69) is 0 Å². The van der Waals surface area contributed by atoms with E-state index in [1.165, 1.54) is 13.0 Å². The van der Waals surface area contributed by atoms with Gasteiger partial charge < -0.3 is 11.5 Å². The van der Waals surface area contributed by atoms with Gasteiger partial charge in [-0.25, -0.2) is 12.8 Å². The molecule has 0 bridgehead atoms. The van der Waals surface area contributed by atoms with Crippen LogP contribution in [-0.4, -0.2) is 31.2 Å². The summed E-state index contributed by atoms with van der Waals surface area (Å²) in [6, 6.07) is 1.23. The first-order valence-corrected chi connectivity index (χ1v) is 7.56. The van der Waals surface area contributed by atoms with Crippen molar-refractivity contribution >= 4 is 21.6 Å². The molecule has 0 spiro atoms. The molecule has 1 saturated heterocycles. The van der Waals surface area contributed by atoms with Crippen molar-refractivity contribution in [2.75, 3.05) is 12.3 Å². The standard InChI is InChI=1S/C12H16FN3O3S/c1-7-9(13)5-8(6-10(7)14)20(18,19)16-4-2-3-11(16)12(15)17/h5-6,11H,2-4,14H2,1H3,(H2,15,17). The summed E-state index contributed by atoms with van der Waals surface area (Å²) >= 11 is 0. The van der Waals surface area contributed by atoms with Gasteiger partial charge >= 0.3 is 0 Å². The van der Waals surface area contributed by atoms with Crippen molar-refractivity contribution in [3.8, 4) is 0 Å². The average Bonchev–Trinajstić information content (AvgIpc) is 2.85. The highest BCUT2D eigenvalue weighted by Crippen LogP contribution is 2.28. The lowest BCUT2D eigenvalue weighted by molar-refractivity contribution is -0.121. The molecule has 1 amide bonds. The Morgan fingerprint density at radius 3 is 2.65 bits per heavy atom. The molecular weight excluding hydrogens is 285 g/mol. The number of carbonyl (C=O) groups excluding carboxylic acids is 1. The highest BCUT2D eigenvalue weighted by Gasteiger charge is 2.38. The summed E-state index contributed by atoms with van der Waals surface area (Å²) in [4.78, 5) is 11.0. The zero-order chi connectivity index (χ0) is 15.1. The number of nitrogen functional groups attached to an aromatic ring is 1. The number of anilines is 1. The molecule has 2 rings (SSSR count). The molecule has 110 valence electrons. The molecule has 1 atom stereocenters. The molecule has 1 heterocycles. The topological polar surface area (TPSA) is 106 Å². The van der Waals surface area contributed by atoms with Crippen LogP contribution in [0.5, 0.6) is 0 Å². The maximum Gasteiger partial charge on any atom is 0.243 e. The van der Waals surface area contributed by atoms with Gasteiger partial charge in [0.2, 0.25) is 15.9 Å². The molecule has 4 N–H and O–H groups in total. The Kier molecular flexibility index (Phi) is 3.70.